The summed E-state index contributed by atoms with van der Waals surface area (Å²) in [5.41, 5.74) is -0.852. The molecule has 1 N–H and O–H groups in total. The van der Waals surface area contributed by atoms with Crippen LogP contribution in [0.5, 0.6) is 6.01 Å². The molecule has 3 rings (SSSR count). The minimum Gasteiger partial charge on any atom is -0.465 e. The number of nitrogens with one attached hydrogen (secondary N) is 1. The molecule has 0 aliphatic rings. The van der Waals surface area contributed by atoms with Gasteiger partial charge in [0.2, 0.25) is 0 Å². The average Bonchev–Trinajstić information content (AvgIpc) is 3.08. The van der Waals surface area contributed by atoms with Gasteiger partial charge >= 0.3 is 12.0 Å². The Morgan fingerprint density at radius 2 is 2.11 bits per heavy atom. The standard InChI is InChI=1S/C15H13ClFN5O5S/c1-3-27-15-18-10(16)7-11-19-14(20-22(11)15)28(24,25)21-12-8(13(23)26-2)5-4-6-9(12)17/h4-7,21H,3H2,1-2H3. The van der Waals surface area contributed by atoms with E-state index in [1.807, 2.05) is 4.72 Å². The zero-order valence-electron chi connectivity index (χ0n) is 14.5. The van der Waals surface area contributed by atoms with Crippen LogP contribution in [-0.2, 0) is 14.8 Å². The number of sulfonamides is 1. The lowest BCUT2D eigenvalue weighted by molar-refractivity contribution is 0.0601. The minimum atomic E-state index is -4.47. The fourth-order valence-corrected chi connectivity index (χ4v) is 3.38. The molecule has 2 aromatic heterocycles. The van der Waals surface area contributed by atoms with Crippen LogP contribution in [0.2, 0.25) is 5.15 Å². The molecule has 0 spiro atoms. The summed E-state index contributed by atoms with van der Waals surface area (Å²) in [6, 6.07) is 4.64. The number of esters is 1. The van der Waals surface area contributed by atoms with Gasteiger partial charge in [0.15, 0.2) is 5.65 Å². The van der Waals surface area contributed by atoms with Crippen LogP contribution in [0.1, 0.15) is 17.3 Å². The molecule has 10 nitrogen and oxygen atoms in total. The third-order valence-corrected chi connectivity index (χ3v) is 4.73. The second-order valence-electron chi connectivity index (χ2n) is 5.22. The molecule has 0 fully saturated rings. The van der Waals surface area contributed by atoms with Gasteiger partial charge in [-0.15, -0.1) is 5.10 Å². The highest BCUT2D eigenvalue weighted by Crippen LogP contribution is 2.24. The van der Waals surface area contributed by atoms with Crippen molar-refractivity contribution in [3.05, 3.63) is 40.8 Å². The third-order valence-electron chi connectivity index (χ3n) is 3.41. The predicted octanol–water partition coefficient (Wildman–Crippen LogP) is 1.90. The van der Waals surface area contributed by atoms with E-state index in [0.29, 0.717) is 0 Å². The quantitative estimate of drug-likeness (QED) is 0.465. The van der Waals surface area contributed by atoms with Crippen LogP contribution in [0.4, 0.5) is 10.1 Å². The summed E-state index contributed by atoms with van der Waals surface area (Å²) in [6.45, 7) is 1.91. The summed E-state index contributed by atoms with van der Waals surface area (Å²) in [5, 5.41) is 3.15. The number of hydrogen-bond acceptors (Lipinski definition) is 8. The molecule has 0 radical (unpaired) electrons. The molecule has 148 valence electrons. The van der Waals surface area contributed by atoms with Crippen LogP contribution in [0.15, 0.2) is 29.4 Å². The lowest BCUT2D eigenvalue weighted by Gasteiger charge is -2.10. The van der Waals surface area contributed by atoms with Crippen molar-refractivity contribution < 1.29 is 27.1 Å². The number of rotatable bonds is 6. The Balaban J connectivity index is 2.08. The van der Waals surface area contributed by atoms with Crippen molar-refractivity contribution in [3.63, 3.8) is 0 Å². The first-order chi connectivity index (χ1) is 13.3. The van der Waals surface area contributed by atoms with Crippen LogP contribution < -0.4 is 9.46 Å². The van der Waals surface area contributed by atoms with E-state index in [1.165, 1.54) is 18.2 Å². The van der Waals surface area contributed by atoms with Crippen molar-refractivity contribution in [1.82, 2.24) is 19.6 Å². The third kappa shape index (κ3) is 3.68. The van der Waals surface area contributed by atoms with Gasteiger partial charge in [0.25, 0.3) is 15.2 Å². The Morgan fingerprint density at radius 1 is 1.36 bits per heavy atom. The zero-order chi connectivity index (χ0) is 20.5. The molecule has 0 amide bonds. The summed E-state index contributed by atoms with van der Waals surface area (Å²) in [5.74, 6) is -1.90. The highest BCUT2D eigenvalue weighted by atomic mass is 35.5. The van der Waals surface area contributed by atoms with Crippen molar-refractivity contribution >= 4 is 38.9 Å². The maximum atomic E-state index is 14.2. The van der Waals surface area contributed by atoms with E-state index < -0.39 is 32.7 Å². The number of methoxy groups -OCH3 is 1. The molecule has 0 atom stereocenters. The fourth-order valence-electron chi connectivity index (χ4n) is 2.24. The highest BCUT2D eigenvalue weighted by molar-refractivity contribution is 7.92. The van der Waals surface area contributed by atoms with Crippen molar-refractivity contribution in [2.45, 2.75) is 12.1 Å². The number of benzene rings is 1. The molecule has 0 aliphatic carbocycles. The lowest BCUT2D eigenvalue weighted by atomic mass is 10.2. The zero-order valence-corrected chi connectivity index (χ0v) is 16.1. The van der Waals surface area contributed by atoms with Crippen LogP contribution in [0.25, 0.3) is 5.65 Å². The van der Waals surface area contributed by atoms with Gasteiger partial charge in [0, 0.05) is 6.07 Å². The van der Waals surface area contributed by atoms with E-state index in [0.717, 1.165) is 17.7 Å². The molecular weight excluding hydrogens is 417 g/mol. The van der Waals surface area contributed by atoms with E-state index in [9.17, 15) is 17.6 Å². The first kappa shape index (κ1) is 19.8. The van der Waals surface area contributed by atoms with Gasteiger partial charge in [-0.3, -0.25) is 4.72 Å². The molecule has 2 heterocycles. The maximum Gasteiger partial charge on any atom is 0.340 e. The number of hydrogen-bond donors (Lipinski definition) is 1. The second kappa shape index (κ2) is 7.56. The second-order valence-corrected chi connectivity index (χ2v) is 7.18. The van der Waals surface area contributed by atoms with Gasteiger partial charge in [0.05, 0.1) is 25.0 Å². The molecule has 3 aromatic rings. The average molecular weight is 430 g/mol. The van der Waals surface area contributed by atoms with Crippen molar-refractivity contribution in [3.8, 4) is 6.01 Å². The van der Waals surface area contributed by atoms with Gasteiger partial charge in [-0.2, -0.15) is 22.9 Å². The smallest absolute Gasteiger partial charge is 0.340 e. The van der Waals surface area contributed by atoms with Crippen LogP contribution >= 0.6 is 11.6 Å². The molecule has 0 aliphatic heterocycles. The SMILES string of the molecule is CCOc1nc(Cl)cc2nc(S(=O)(=O)Nc3c(F)cccc3C(=O)OC)nn12. The number of carbonyl (C=O) groups is 1. The topological polar surface area (TPSA) is 125 Å². The number of nitrogens with zero attached hydrogens (tertiary/aromatic N) is 4. The molecular formula is C15H13ClFN5O5S. The Kier molecular flexibility index (Phi) is 5.34. The summed E-state index contributed by atoms with van der Waals surface area (Å²) >= 11 is 5.87. The maximum absolute atomic E-state index is 14.2. The van der Waals surface area contributed by atoms with Crippen LogP contribution in [0, 0.1) is 5.82 Å². The van der Waals surface area contributed by atoms with E-state index in [-0.39, 0.29) is 29.0 Å². The van der Waals surface area contributed by atoms with Gasteiger partial charge in [-0.05, 0) is 19.1 Å². The number of carbonyl (C=O) groups excluding carboxylic acids is 1. The number of para-hydroxylation sites is 1. The fraction of sp³-hybridized carbons (Fsp3) is 0.200. The van der Waals surface area contributed by atoms with Gasteiger partial charge < -0.3 is 9.47 Å². The highest BCUT2D eigenvalue weighted by Gasteiger charge is 2.26. The molecule has 1 aromatic carbocycles. The van der Waals surface area contributed by atoms with Gasteiger partial charge in [-0.1, -0.05) is 17.7 Å². The van der Waals surface area contributed by atoms with Crippen molar-refractivity contribution in [1.29, 1.82) is 0 Å². The molecule has 28 heavy (non-hydrogen) atoms. The Hall–Kier alpha value is -2.99. The molecule has 0 saturated carbocycles. The van der Waals surface area contributed by atoms with Crippen molar-refractivity contribution in [2.24, 2.45) is 0 Å². The van der Waals surface area contributed by atoms with Crippen LogP contribution in [0.3, 0.4) is 0 Å². The normalized spacial score (nSPS) is 11.4. The Morgan fingerprint density at radius 3 is 2.79 bits per heavy atom. The molecule has 0 saturated heterocycles. The molecule has 0 unspecified atom stereocenters. The van der Waals surface area contributed by atoms with E-state index in [4.69, 9.17) is 16.3 Å². The van der Waals surface area contributed by atoms with Gasteiger partial charge in [0.1, 0.15) is 11.0 Å². The number of aromatic nitrogens is 4. The number of ether oxygens (including phenoxy) is 2. The minimum absolute atomic E-state index is 0.0161. The first-order valence-electron chi connectivity index (χ1n) is 7.72. The monoisotopic (exact) mass is 429 g/mol. The lowest BCUT2D eigenvalue weighted by Crippen LogP contribution is -2.18. The summed E-state index contributed by atoms with van der Waals surface area (Å²) < 4.78 is 52.4. The van der Waals surface area contributed by atoms with Gasteiger partial charge in [-0.25, -0.2) is 9.18 Å². The van der Waals surface area contributed by atoms with Crippen LogP contribution in [-0.4, -0.2) is 47.7 Å². The summed E-state index contributed by atoms with van der Waals surface area (Å²) in [6.07, 6.45) is 0. The number of halogens is 2. The summed E-state index contributed by atoms with van der Waals surface area (Å²) in [7, 11) is -3.39. The molecule has 0 bridgehead atoms. The van der Waals surface area contributed by atoms with Crippen molar-refractivity contribution in [2.75, 3.05) is 18.4 Å². The number of anilines is 1. The first-order valence-corrected chi connectivity index (χ1v) is 9.58. The number of fused-ring (bicyclic) bond motifs is 1. The van der Waals surface area contributed by atoms with E-state index >= 15 is 0 Å². The largest absolute Gasteiger partial charge is 0.465 e. The Labute approximate surface area is 163 Å². The Bertz CT molecular complexity index is 1170. The molecule has 13 heteroatoms. The van der Waals surface area contributed by atoms with E-state index in [1.54, 1.807) is 6.92 Å². The van der Waals surface area contributed by atoms with E-state index in [2.05, 4.69) is 19.8 Å². The summed E-state index contributed by atoms with van der Waals surface area (Å²) in [4.78, 5) is 19.6. The predicted molar refractivity (Wildman–Crippen MR) is 95.5 cm³/mol.